The summed E-state index contributed by atoms with van der Waals surface area (Å²) in [5.74, 6) is 3.31. The summed E-state index contributed by atoms with van der Waals surface area (Å²) in [7, 11) is 0. The highest BCUT2D eigenvalue weighted by atomic mass is 16.4. The van der Waals surface area contributed by atoms with Crippen LogP contribution in [0, 0.1) is 5.92 Å². The lowest BCUT2D eigenvalue weighted by atomic mass is 9.85. The van der Waals surface area contributed by atoms with E-state index < -0.39 is 0 Å². The molecule has 0 unspecified atom stereocenters. The molecule has 1 aromatic rings. The Kier molecular flexibility index (Phi) is 2.38. The molecule has 0 aromatic carbocycles. The van der Waals surface area contributed by atoms with Gasteiger partial charge in [-0.2, -0.15) is 0 Å². The molecule has 0 N–H and O–H groups in total. The molecule has 0 radical (unpaired) electrons. The Bertz CT molecular complexity index is 273. The third-order valence-corrected chi connectivity index (χ3v) is 2.64. The average Bonchev–Trinajstić information content (AvgIpc) is 2.31. The molecule has 2 heteroatoms. The lowest BCUT2D eigenvalue weighted by Crippen LogP contribution is -2.08. The maximum absolute atomic E-state index is 5.69. The number of aromatic nitrogens is 1. The second-order valence-corrected chi connectivity index (χ2v) is 4.39. The van der Waals surface area contributed by atoms with E-state index in [2.05, 4.69) is 18.8 Å². The smallest absolute Gasteiger partial charge is 0.197 e. The largest absolute Gasteiger partial charge is 0.445 e. The van der Waals surface area contributed by atoms with Gasteiger partial charge in [0, 0.05) is 12.3 Å². The molecule has 0 spiro atoms. The molecule has 0 bridgehead atoms. The minimum Gasteiger partial charge on any atom is -0.445 e. The molecule has 72 valence electrons. The van der Waals surface area contributed by atoms with Crippen molar-refractivity contribution in [3.05, 3.63) is 17.8 Å². The molecule has 1 heterocycles. The summed E-state index contributed by atoms with van der Waals surface area (Å²) in [5.41, 5.74) is 0. The summed E-state index contributed by atoms with van der Waals surface area (Å²) < 4.78 is 5.69. The van der Waals surface area contributed by atoms with Crippen LogP contribution in [0.2, 0.25) is 0 Å². The first-order valence-electron chi connectivity index (χ1n) is 5.20. The van der Waals surface area contributed by atoms with E-state index in [0.717, 1.165) is 18.1 Å². The van der Waals surface area contributed by atoms with E-state index in [0.29, 0.717) is 11.8 Å². The van der Waals surface area contributed by atoms with Gasteiger partial charge in [0.25, 0.3) is 0 Å². The SMILES string of the molecule is CC(C)Cc1cnc(C2CCC2)o1. The average molecular weight is 179 g/mol. The number of oxazole rings is 1. The first-order valence-corrected chi connectivity index (χ1v) is 5.20. The molecule has 0 aliphatic heterocycles. The van der Waals surface area contributed by atoms with Gasteiger partial charge in [-0.15, -0.1) is 0 Å². The van der Waals surface area contributed by atoms with E-state index in [4.69, 9.17) is 4.42 Å². The lowest BCUT2D eigenvalue weighted by Gasteiger charge is -2.21. The second-order valence-electron chi connectivity index (χ2n) is 4.39. The number of hydrogen-bond donors (Lipinski definition) is 0. The van der Waals surface area contributed by atoms with Gasteiger partial charge in [0.15, 0.2) is 5.89 Å². The first kappa shape index (κ1) is 8.79. The zero-order valence-corrected chi connectivity index (χ0v) is 8.42. The van der Waals surface area contributed by atoms with Gasteiger partial charge >= 0.3 is 0 Å². The Morgan fingerprint density at radius 2 is 2.31 bits per heavy atom. The van der Waals surface area contributed by atoms with E-state index in [1.807, 2.05) is 6.20 Å². The van der Waals surface area contributed by atoms with E-state index in [1.54, 1.807) is 0 Å². The van der Waals surface area contributed by atoms with Crippen LogP contribution in [0.15, 0.2) is 10.6 Å². The first-order chi connectivity index (χ1) is 6.25. The fourth-order valence-corrected chi connectivity index (χ4v) is 1.66. The minimum atomic E-state index is 0.626. The Morgan fingerprint density at radius 1 is 1.54 bits per heavy atom. The maximum Gasteiger partial charge on any atom is 0.197 e. The number of rotatable bonds is 3. The fraction of sp³-hybridized carbons (Fsp3) is 0.727. The molecule has 13 heavy (non-hydrogen) atoms. The molecular weight excluding hydrogens is 162 g/mol. The molecular formula is C11H17NO. The summed E-state index contributed by atoms with van der Waals surface area (Å²) in [6.07, 6.45) is 6.78. The quantitative estimate of drug-likeness (QED) is 0.712. The van der Waals surface area contributed by atoms with Gasteiger partial charge in [-0.3, -0.25) is 0 Å². The van der Waals surface area contributed by atoms with Crippen molar-refractivity contribution in [1.29, 1.82) is 0 Å². The van der Waals surface area contributed by atoms with Crippen LogP contribution in [0.5, 0.6) is 0 Å². The van der Waals surface area contributed by atoms with E-state index >= 15 is 0 Å². The van der Waals surface area contributed by atoms with Crippen molar-refractivity contribution in [3.63, 3.8) is 0 Å². The van der Waals surface area contributed by atoms with E-state index in [-0.39, 0.29) is 0 Å². The van der Waals surface area contributed by atoms with Gasteiger partial charge in [0.2, 0.25) is 0 Å². The van der Waals surface area contributed by atoms with Crippen LogP contribution < -0.4 is 0 Å². The number of nitrogens with zero attached hydrogens (tertiary/aromatic N) is 1. The summed E-state index contributed by atoms with van der Waals surface area (Å²) in [4.78, 5) is 4.32. The summed E-state index contributed by atoms with van der Waals surface area (Å²) in [6, 6.07) is 0. The second kappa shape index (κ2) is 3.52. The minimum absolute atomic E-state index is 0.626. The van der Waals surface area contributed by atoms with Gasteiger partial charge in [0.05, 0.1) is 6.20 Å². The Hall–Kier alpha value is -0.790. The van der Waals surface area contributed by atoms with Crippen molar-refractivity contribution in [2.75, 3.05) is 0 Å². The van der Waals surface area contributed by atoms with Crippen LogP contribution in [0.4, 0.5) is 0 Å². The zero-order valence-electron chi connectivity index (χ0n) is 8.42. The van der Waals surface area contributed by atoms with Gasteiger partial charge < -0.3 is 4.42 Å². The summed E-state index contributed by atoms with van der Waals surface area (Å²) in [5, 5.41) is 0. The monoisotopic (exact) mass is 179 g/mol. The molecule has 1 saturated carbocycles. The number of hydrogen-bond acceptors (Lipinski definition) is 2. The highest BCUT2D eigenvalue weighted by Gasteiger charge is 2.24. The Labute approximate surface area is 79.4 Å². The van der Waals surface area contributed by atoms with Crippen LogP contribution in [0.3, 0.4) is 0 Å². The fourth-order valence-electron chi connectivity index (χ4n) is 1.66. The molecule has 0 atom stereocenters. The molecule has 1 aliphatic rings. The molecule has 0 saturated heterocycles. The van der Waals surface area contributed by atoms with Crippen molar-refractivity contribution in [2.24, 2.45) is 5.92 Å². The zero-order chi connectivity index (χ0) is 9.26. The van der Waals surface area contributed by atoms with Crippen molar-refractivity contribution in [3.8, 4) is 0 Å². The lowest BCUT2D eigenvalue weighted by molar-refractivity contribution is 0.321. The van der Waals surface area contributed by atoms with Crippen molar-refractivity contribution in [2.45, 2.75) is 45.4 Å². The molecule has 0 amide bonds. The van der Waals surface area contributed by atoms with Crippen LogP contribution in [0.25, 0.3) is 0 Å². The van der Waals surface area contributed by atoms with Crippen molar-refractivity contribution in [1.82, 2.24) is 4.98 Å². The normalized spacial score (nSPS) is 17.8. The van der Waals surface area contributed by atoms with Crippen LogP contribution in [-0.4, -0.2) is 4.98 Å². The Morgan fingerprint density at radius 3 is 2.85 bits per heavy atom. The van der Waals surface area contributed by atoms with Crippen LogP contribution in [0.1, 0.15) is 50.7 Å². The van der Waals surface area contributed by atoms with Crippen LogP contribution in [-0.2, 0) is 6.42 Å². The summed E-state index contributed by atoms with van der Waals surface area (Å²) >= 11 is 0. The van der Waals surface area contributed by atoms with E-state index in [9.17, 15) is 0 Å². The Balaban J connectivity index is 2.00. The van der Waals surface area contributed by atoms with Gasteiger partial charge in [-0.05, 0) is 18.8 Å². The van der Waals surface area contributed by atoms with Gasteiger partial charge in [-0.25, -0.2) is 4.98 Å². The highest BCUT2D eigenvalue weighted by molar-refractivity contribution is 5.02. The molecule has 2 nitrogen and oxygen atoms in total. The third kappa shape index (κ3) is 1.93. The predicted molar refractivity (Wildman–Crippen MR) is 51.6 cm³/mol. The van der Waals surface area contributed by atoms with Gasteiger partial charge in [-0.1, -0.05) is 20.3 Å². The predicted octanol–water partition coefficient (Wildman–Crippen LogP) is 3.14. The third-order valence-electron chi connectivity index (χ3n) is 2.64. The van der Waals surface area contributed by atoms with E-state index in [1.165, 1.54) is 19.3 Å². The standard InChI is InChI=1S/C11H17NO/c1-8(2)6-10-7-12-11(13-10)9-4-3-5-9/h7-9H,3-6H2,1-2H3. The molecule has 1 aromatic heterocycles. The van der Waals surface area contributed by atoms with Crippen molar-refractivity contribution < 1.29 is 4.42 Å². The molecule has 1 fully saturated rings. The summed E-state index contributed by atoms with van der Waals surface area (Å²) in [6.45, 7) is 4.40. The van der Waals surface area contributed by atoms with Gasteiger partial charge in [0.1, 0.15) is 5.76 Å². The topological polar surface area (TPSA) is 26.0 Å². The van der Waals surface area contributed by atoms with Crippen molar-refractivity contribution >= 4 is 0 Å². The molecule has 1 aliphatic carbocycles. The maximum atomic E-state index is 5.69. The van der Waals surface area contributed by atoms with Crippen LogP contribution >= 0.6 is 0 Å². The highest BCUT2D eigenvalue weighted by Crippen LogP contribution is 2.35. The molecule has 2 rings (SSSR count).